The maximum absolute atomic E-state index is 13.3. The van der Waals surface area contributed by atoms with Gasteiger partial charge in [0.25, 0.3) is 11.8 Å². The third-order valence-electron chi connectivity index (χ3n) is 9.35. The summed E-state index contributed by atoms with van der Waals surface area (Å²) in [4.78, 5) is 58.6. The molecule has 13 nitrogen and oxygen atoms in total. The molecule has 2 saturated heterocycles. The molecule has 3 aromatic carbocycles. The fraction of sp³-hybridized carbons (Fsp3) is 0.306. The summed E-state index contributed by atoms with van der Waals surface area (Å²) in [6, 6.07) is 24.4. The van der Waals surface area contributed by atoms with E-state index in [4.69, 9.17) is 4.74 Å². The molecular weight excluding hydrogens is 624 g/mol. The Kier molecular flexibility index (Phi) is 9.09. The average Bonchev–Trinajstić information content (AvgIpc) is 3.72. The van der Waals surface area contributed by atoms with Crippen molar-refractivity contribution in [1.29, 1.82) is 0 Å². The van der Waals surface area contributed by atoms with Gasteiger partial charge in [-0.05, 0) is 41.5 Å². The van der Waals surface area contributed by atoms with Crippen molar-refractivity contribution in [2.45, 2.75) is 32.2 Å². The monoisotopic (exact) mass is 662 g/mol. The fourth-order valence-corrected chi connectivity index (χ4v) is 6.68. The van der Waals surface area contributed by atoms with E-state index in [-0.39, 0.29) is 30.2 Å². The number of hydrogen-bond acceptors (Lipinski definition) is 8. The molecule has 252 valence electrons. The predicted molar refractivity (Wildman–Crippen MR) is 183 cm³/mol. The molecule has 13 heteroatoms. The number of urea groups is 1. The minimum absolute atomic E-state index is 0.151. The average molecular weight is 663 g/mol. The van der Waals surface area contributed by atoms with Crippen LogP contribution in [0.2, 0.25) is 0 Å². The second-order valence-electron chi connectivity index (χ2n) is 12.4. The van der Waals surface area contributed by atoms with Gasteiger partial charge in [-0.1, -0.05) is 48.5 Å². The molecule has 3 aliphatic heterocycles. The molecule has 49 heavy (non-hydrogen) atoms. The fourth-order valence-electron chi connectivity index (χ4n) is 6.68. The van der Waals surface area contributed by atoms with Gasteiger partial charge >= 0.3 is 6.03 Å². The third-order valence-corrected chi connectivity index (χ3v) is 9.35. The number of carbonyl (C=O) groups excluding carboxylic acids is 4. The maximum atomic E-state index is 13.3. The highest BCUT2D eigenvalue weighted by molar-refractivity contribution is 6.06. The van der Waals surface area contributed by atoms with E-state index in [1.165, 1.54) is 7.11 Å². The zero-order chi connectivity index (χ0) is 33.9. The minimum atomic E-state index is -0.711. The highest BCUT2D eigenvalue weighted by Crippen LogP contribution is 2.31. The van der Waals surface area contributed by atoms with Crippen LogP contribution in [-0.4, -0.2) is 83.6 Å². The Labute approximate surface area is 283 Å². The van der Waals surface area contributed by atoms with Gasteiger partial charge in [0, 0.05) is 75.3 Å². The molecule has 7 rings (SSSR count). The van der Waals surface area contributed by atoms with E-state index in [1.807, 2.05) is 78.9 Å². The lowest BCUT2D eigenvalue weighted by Crippen LogP contribution is -2.50. The number of hydrogen-bond donors (Lipinski definition) is 3. The highest BCUT2D eigenvalue weighted by Gasteiger charge is 2.33. The topological polar surface area (TPSA) is 143 Å². The van der Waals surface area contributed by atoms with Crippen LogP contribution >= 0.6 is 0 Å². The first-order valence-corrected chi connectivity index (χ1v) is 16.4. The molecule has 1 aromatic heterocycles. The molecule has 4 aromatic rings. The molecule has 0 aliphatic carbocycles. The van der Waals surface area contributed by atoms with E-state index in [1.54, 1.807) is 9.80 Å². The van der Waals surface area contributed by atoms with Crippen LogP contribution < -0.4 is 20.4 Å². The molecule has 0 bridgehead atoms. The summed E-state index contributed by atoms with van der Waals surface area (Å²) >= 11 is 0. The second-order valence-corrected chi connectivity index (χ2v) is 12.4. The number of methoxy groups -OCH3 is 1. The Hall–Kier alpha value is -5.53. The number of aromatic amines is 1. The third kappa shape index (κ3) is 6.76. The number of aromatic nitrogens is 2. The van der Waals surface area contributed by atoms with Gasteiger partial charge in [0.2, 0.25) is 5.91 Å². The maximum Gasteiger partial charge on any atom is 0.328 e. The number of ether oxygens (including phenoxy) is 1. The quantitative estimate of drug-likeness (QED) is 0.247. The first-order valence-electron chi connectivity index (χ1n) is 16.4. The summed E-state index contributed by atoms with van der Waals surface area (Å²) in [5, 5.41) is 12.6. The SMILES string of the molecule is CO[C@@H](C(=O)N1Cc2[nH]nc(NC(=O)c3ccc(N4CCN(Cc5ccccc5N5CCC(=O)NC5=O)CC4)cc3)c2C1)c1ccccc1. The molecule has 0 saturated carbocycles. The first-order chi connectivity index (χ1) is 23.9. The molecular formula is C36H38N8O5. The molecule has 0 unspecified atom stereocenters. The summed E-state index contributed by atoms with van der Waals surface area (Å²) in [5.74, 6) is -0.256. The zero-order valence-corrected chi connectivity index (χ0v) is 27.2. The van der Waals surface area contributed by atoms with E-state index in [9.17, 15) is 19.2 Å². The summed E-state index contributed by atoms with van der Waals surface area (Å²) in [6.45, 7) is 5.04. The van der Waals surface area contributed by atoms with Crippen LogP contribution in [0.5, 0.6) is 0 Å². The molecule has 1 atom stereocenters. The smallest absolute Gasteiger partial charge is 0.328 e. The van der Waals surface area contributed by atoms with Gasteiger partial charge in [-0.25, -0.2) is 4.79 Å². The van der Waals surface area contributed by atoms with Gasteiger partial charge in [0.1, 0.15) is 0 Å². The number of rotatable bonds is 9. The van der Waals surface area contributed by atoms with E-state index < -0.39 is 6.10 Å². The van der Waals surface area contributed by atoms with Gasteiger partial charge in [-0.2, -0.15) is 5.10 Å². The van der Waals surface area contributed by atoms with Crippen LogP contribution in [0.4, 0.5) is 22.0 Å². The summed E-state index contributed by atoms with van der Waals surface area (Å²) in [6.07, 6.45) is -0.423. The Morgan fingerprint density at radius 1 is 0.898 bits per heavy atom. The molecule has 3 N–H and O–H groups in total. The van der Waals surface area contributed by atoms with Crippen molar-refractivity contribution in [1.82, 2.24) is 25.3 Å². The van der Waals surface area contributed by atoms with Crippen LogP contribution in [0.1, 0.15) is 45.3 Å². The highest BCUT2D eigenvalue weighted by atomic mass is 16.5. The van der Waals surface area contributed by atoms with Gasteiger partial charge in [0.15, 0.2) is 11.9 Å². The van der Waals surface area contributed by atoms with E-state index in [0.29, 0.717) is 37.6 Å². The minimum Gasteiger partial charge on any atom is -0.369 e. The Morgan fingerprint density at radius 2 is 1.63 bits per heavy atom. The number of anilines is 3. The number of imide groups is 1. The van der Waals surface area contributed by atoms with E-state index in [2.05, 4.69) is 30.6 Å². The first kappa shape index (κ1) is 32.0. The van der Waals surface area contributed by atoms with Gasteiger partial charge in [0.05, 0.1) is 18.8 Å². The molecule has 4 heterocycles. The second kappa shape index (κ2) is 13.9. The number of piperazine rings is 1. The standard InChI is InChI=1S/C36H38N8O5/c1-49-32(24-7-3-2-4-8-24)35(47)43-22-28-29(23-43)39-40-33(28)38-34(46)25-11-13-27(14-12-25)42-19-17-41(18-20-42)21-26-9-5-6-10-30(26)44-16-15-31(45)37-36(44)48/h2-14,32H,15-23H2,1H3,(H,37,45,48)(H2,38,39,40,46)/t32-/m1/s1. The predicted octanol–water partition coefficient (Wildman–Crippen LogP) is 3.66. The number of para-hydroxylation sites is 1. The van der Waals surface area contributed by atoms with Crippen molar-refractivity contribution >= 4 is 40.9 Å². The molecule has 2 fully saturated rings. The van der Waals surface area contributed by atoms with Crippen molar-refractivity contribution in [3.63, 3.8) is 0 Å². The Balaban J connectivity index is 0.926. The van der Waals surface area contributed by atoms with E-state index >= 15 is 0 Å². The summed E-state index contributed by atoms with van der Waals surface area (Å²) in [7, 11) is 1.52. The number of H-pyrrole nitrogens is 1. The number of amides is 5. The molecule has 0 spiro atoms. The number of carbonyl (C=O) groups is 4. The van der Waals surface area contributed by atoms with Crippen LogP contribution in [-0.2, 0) is 34.0 Å². The lowest BCUT2D eigenvalue weighted by molar-refractivity contribution is -0.143. The number of nitrogens with one attached hydrogen (secondary N) is 3. The van der Waals surface area contributed by atoms with Crippen LogP contribution in [0.15, 0.2) is 78.9 Å². The number of benzene rings is 3. The van der Waals surface area contributed by atoms with Crippen molar-refractivity contribution in [2.24, 2.45) is 0 Å². The lowest BCUT2D eigenvalue weighted by atomic mass is 10.1. The molecule has 0 radical (unpaired) electrons. The lowest BCUT2D eigenvalue weighted by Gasteiger charge is -2.37. The summed E-state index contributed by atoms with van der Waals surface area (Å²) in [5.41, 5.74) is 5.78. The van der Waals surface area contributed by atoms with Crippen LogP contribution in [0.25, 0.3) is 0 Å². The van der Waals surface area contributed by atoms with Crippen LogP contribution in [0, 0.1) is 0 Å². The largest absolute Gasteiger partial charge is 0.369 e. The normalized spacial score (nSPS) is 17.1. The summed E-state index contributed by atoms with van der Waals surface area (Å²) < 4.78 is 5.54. The van der Waals surface area contributed by atoms with Crippen LogP contribution in [0.3, 0.4) is 0 Å². The molecule has 5 amide bonds. The zero-order valence-electron chi connectivity index (χ0n) is 27.2. The Bertz CT molecular complexity index is 1850. The van der Waals surface area contributed by atoms with Gasteiger partial charge in [-0.3, -0.25) is 34.6 Å². The van der Waals surface area contributed by atoms with Crippen molar-refractivity contribution in [3.05, 3.63) is 107 Å². The molecule has 3 aliphatic rings. The number of fused-ring (bicyclic) bond motifs is 1. The van der Waals surface area contributed by atoms with Crippen molar-refractivity contribution in [2.75, 3.05) is 55.0 Å². The van der Waals surface area contributed by atoms with Gasteiger partial charge < -0.3 is 19.9 Å². The van der Waals surface area contributed by atoms with E-state index in [0.717, 1.165) is 59.9 Å². The van der Waals surface area contributed by atoms with Gasteiger partial charge in [-0.15, -0.1) is 0 Å². The Morgan fingerprint density at radius 3 is 2.37 bits per heavy atom. The van der Waals surface area contributed by atoms with Crippen molar-refractivity contribution < 1.29 is 23.9 Å². The number of nitrogens with zero attached hydrogens (tertiary/aromatic N) is 5. The van der Waals surface area contributed by atoms with Crippen molar-refractivity contribution in [3.8, 4) is 0 Å².